The number of rotatable bonds is 3. The zero-order valence-electron chi connectivity index (χ0n) is 11.3. The Hall–Kier alpha value is -3.06. The van der Waals surface area contributed by atoms with Crippen molar-refractivity contribution in [2.75, 3.05) is 12.3 Å². The Bertz CT molecular complexity index is 837. The van der Waals surface area contributed by atoms with Gasteiger partial charge >= 0.3 is 0 Å². The molecule has 102 valence electrons. The lowest BCUT2D eigenvalue weighted by molar-refractivity contribution is 0.370. The van der Waals surface area contributed by atoms with Crippen LogP contribution in [0.3, 0.4) is 0 Å². The summed E-state index contributed by atoms with van der Waals surface area (Å²) in [6.45, 7) is 0.241. The highest BCUT2D eigenvalue weighted by Gasteiger charge is 2.07. The van der Waals surface area contributed by atoms with Gasteiger partial charge in [0.25, 0.3) is 0 Å². The van der Waals surface area contributed by atoms with E-state index >= 15 is 0 Å². The van der Waals surface area contributed by atoms with Crippen molar-refractivity contribution < 1.29 is 4.74 Å². The maximum atomic E-state index is 5.79. The molecule has 0 aliphatic rings. The first kappa shape index (κ1) is 12.9. The predicted octanol–water partition coefficient (Wildman–Crippen LogP) is 2.89. The summed E-state index contributed by atoms with van der Waals surface area (Å²) in [4.78, 5) is 8.63. The monoisotopic (exact) mass is 275 g/mol. The fourth-order valence-electron chi connectivity index (χ4n) is 2.16. The van der Waals surface area contributed by atoms with Crippen molar-refractivity contribution in [3.05, 3.63) is 48.8 Å². The van der Waals surface area contributed by atoms with Gasteiger partial charge in [-0.25, -0.2) is 9.97 Å². The third-order valence-electron chi connectivity index (χ3n) is 3.09. The third kappa shape index (κ3) is 2.63. The van der Waals surface area contributed by atoms with Crippen LogP contribution < -0.4 is 10.5 Å². The summed E-state index contributed by atoms with van der Waals surface area (Å²) < 4.78 is 5.45. The molecule has 4 heteroatoms. The number of anilines is 1. The molecule has 2 aromatic carbocycles. The van der Waals surface area contributed by atoms with Crippen LogP contribution in [0, 0.1) is 12.3 Å². The molecule has 3 aromatic rings. The fraction of sp³-hybridized carbons (Fsp3) is 0.0588. The summed E-state index contributed by atoms with van der Waals surface area (Å²) in [5.74, 6) is 3.16. The second-order valence-electron chi connectivity index (χ2n) is 4.52. The summed E-state index contributed by atoms with van der Waals surface area (Å²) in [7, 11) is 0. The molecule has 0 aliphatic carbocycles. The number of fused-ring (bicyclic) bond motifs is 1. The summed E-state index contributed by atoms with van der Waals surface area (Å²) in [5, 5.41) is 0.945. The molecule has 4 nitrogen and oxygen atoms in total. The minimum Gasteiger partial charge on any atom is -0.481 e. The Morgan fingerprint density at radius 3 is 2.90 bits per heavy atom. The molecule has 1 aromatic heterocycles. The minimum absolute atomic E-state index is 0.241. The smallest absolute Gasteiger partial charge is 0.148 e. The first-order chi connectivity index (χ1) is 10.3. The Kier molecular flexibility index (Phi) is 3.40. The number of hydrogen-bond acceptors (Lipinski definition) is 4. The van der Waals surface area contributed by atoms with Gasteiger partial charge in [0.1, 0.15) is 18.7 Å². The van der Waals surface area contributed by atoms with Gasteiger partial charge in [-0.1, -0.05) is 18.1 Å². The molecule has 0 bridgehead atoms. The van der Waals surface area contributed by atoms with Crippen molar-refractivity contribution in [1.29, 1.82) is 0 Å². The minimum atomic E-state index is 0.241. The first-order valence-corrected chi connectivity index (χ1v) is 6.45. The molecule has 0 saturated heterocycles. The molecule has 0 saturated carbocycles. The van der Waals surface area contributed by atoms with Crippen LogP contribution >= 0.6 is 0 Å². The number of hydrogen-bond donors (Lipinski definition) is 1. The van der Waals surface area contributed by atoms with Gasteiger partial charge in [0, 0.05) is 16.6 Å². The quantitative estimate of drug-likeness (QED) is 0.589. The largest absolute Gasteiger partial charge is 0.481 e. The summed E-state index contributed by atoms with van der Waals surface area (Å²) in [6.07, 6.45) is 6.74. The summed E-state index contributed by atoms with van der Waals surface area (Å²) in [6, 6.07) is 13.3. The van der Waals surface area contributed by atoms with E-state index in [0.717, 1.165) is 22.2 Å². The van der Waals surface area contributed by atoms with Gasteiger partial charge in [-0.15, -0.1) is 6.42 Å². The lowest BCUT2D eigenvalue weighted by Crippen LogP contribution is -1.94. The normalized spacial score (nSPS) is 10.2. The lowest BCUT2D eigenvalue weighted by Gasteiger charge is -2.08. The van der Waals surface area contributed by atoms with E-state index in [1.165, 1.54) is 6.33 Å². The number of aromatic nitrogens is 2. The van der Waals surface area contributed by atoms with Gasteiger partial charge in [-0.3, -0.25) is 0 Å². The van der Waals surface area contributed by atoms with Crippen molar-refractivity contribution in [3.8, 4) is 29.4 Å². The van der Waals surface area contributed by atoms with Gasteiger partial charge in [0.05, 0.1) is 11.2 Å². The summed E-state index contributed by atoms with van der Waals surface area (Å²) in [5.41, 5.74) is 9.07. The molecule has 0 amide bonds. The van der Waals surface area contributed by atoms with E-state index in [0.29, 0.717) is 11.4 Å². The maximum absolute atomic E-state index is 5.79. The van der Waals surface area contributed by atoms with Gasteiger partial charge in [-0.2, -0.15) is 0 Å². The van der Waals surface area contributed by atoms with Gasteiger partial charge in [0.2, 0.25) is 0 Å². The van der Waals surface area contributed by atoms with E-state index in [-0.39, 0.29) is 6.61 Å². The molecule has 21 heavy (non-hydrogen) atoms. The second kappa shape index (κ2) is 5.51. The molecule has 3 rings (SSSR count). The van der Waals surface area contributed by atoms with Crippen LogP contribution in [0.2, 0.25) is 0 Å². The topological polar surface area (TPSA) is 61.0 Å². The second-order valence-corrected chi connectivity index (χ2v) is 4.52. The van der Waals surface area contributed by atoms with Crippen LogP contribution in [0.1, 0.15) is 0 Å². The van der Waals surface area contributed by atoms with E-state index in [1.54, 1.807) is 0 Å². The van der Waals surface area contributed by atoms with Crippen LogP contribution in [0.15, 0.2) is 48.8 Å². The van der Waals surface area contributed by atoms with Crippen LogP contribution in [-0.2, 0) is 0 Å². The van der Waals surface area contributed by atoms with Crippen LogP contribution in [-0.4, -0.2) is 16.6 Å². The predicted molar refractivity (Wildman–Crippen MR) is 83.7 cm³/mol. The Labute approximate surface area is 122 Å². The average molecular weight is 275 g/mol. The molecule has 0 spiro atoms. The zero-order chi connectivity index (χ0) is 14.7. The van der Waals surface area contributed by atoms with Crippen molar-refractivity contribution >= 4 is 16.6 Å². The number of nitrogens with two attached hydrogens (primary N) is 1. The highest BCUT2D eigenvalue weighted by molar-refractivity contribution is 5.93. The fourth-order valence-corrected chi connectivity index (χ4v) is 2.16. The third-order valence-corrected chi connectivity index (χ3v) is 3.09. The maximum Gasteiger partial charge on any atom is 0.148 e. The van der Waals surface area contributed by atoms with Crippen molar-refractivity contribution in [1.82, 2.24) is 9.97 Å². The Morgan fingerprint density at radius 1 is 1.14 bits per heavy atom. The average Bonchev–Trinajstić information content (AvgIpc) is 2.52. The van der Waals surface area contributed by atoms with Crippen molar-refractivity contribution in [2.24, 2.45) is 0 Å². The molecule has 2 N–H and O–H groups in total. The first-order valence-electron chi connectivity index (χ1n) is 6.45. The Morgan fingerprint density at radius 2 is 2.05 bits per heavy atom. The number of ether oxygens (including phenoxy) is 1. The Balaban J connectivity index is 2.10. The molecule has 0 atom stereocenters. The van der Waals surface area contributed by atoms with Crippen molar-refractivity contribution in [2.45, 2.75) is 0 Å². The van der Waals surface area contributed by atoms with E-state index in [9.17, 15) is 0 Å². The zero-order valence-corrected chi connectivity index (χ0v) is 11.3. The van der Waals surface area contributed by atoms with E-state index in [2.05, 4.69) is 15.9 Å². The highest BCUT2D eigenvalue weighted by atomic mass is 16.5. The van der Waals surface area contributed by atoms with Crippen LogP contribution in [0.4, 0.5) is 5.69 Å². The van der Waals surface area contributed by atoms with Gasteiger partial charge in [-0.05, 0) is 30.3 Å². The molecule has 1 heterocycles. The van der Waals surface area contributed by atoms with Crippen LogP contribution in [0.25, 0.3) is 22.2 Å². The molecule has 0 radical (unpaired) electrons. The van der Waals surface area contributed by atoms with Gasteiger partial charge < -0.3 is 10.5 Å². The van der Waals surface area contributed by atoms with E-state index < -0.39 is 0 Å². The standard InChI is InChI=1S/C17H13N3O/c1-2-8-21-14-5-3-4-12(9-14)17-15-7-6-13(18)10-16(15)19-11-20-17/h1,3-7,9-11H,8,18H2. The molecule has 0 unspecified atom stereocenters. The van der Waals surface area contributed by atoms with Crippen LogP contribution in [0.5, 0.6) is 5.75 Å². The number of nitrogens with zero attached hydrogens (tertiary/aromatic N) is 2. The van der Waals surface area contributed by atoms with Crippen molar-refractivity contribution in [3.63, 3.8) is 0 Å². The molecule has 0 fully saturated rings. The highest BCUT2D eigenvalue weighted by Crippen LogP contribution is 2.28. The number of terminal acetylenes is 1. The van der Waals surface area contributed by atoms with E-state index in [4.69, 9.17) is 16.9 Å². The van der Waals surface area contributed by atoms with Gasteiger partial charge in [0.15, 0.2) is 0 Å². The number of nitrogen functional groups attached to an aromatic ring is 1. The van der Waals surface area contributed by atoms with E-state index in [1.807, 2.05) is 42.5 Å². The molecular formula is C17H13N3O. The summed E-state index contributed by atoms with van der Waals surface area (Å²) >= 11 is 0. The molecular weight excluding hydrogens is 262 g/mol. The number of benzene rings is 2. The lowest BCUT2D eigenvalue weighted by atomic mass is 10.1. The molecule has 0 aliphatic heterocycles. The SMILES string of the molecule is C#CCOc1cccc(-c2ncnc3cc(N)ccc23)c1.